The Bertz CT molecular complexity index is 728. The molecule has 7 nitrogen and oxygen atoms in total. The lowest BCUT2D eigenvalue weighted by Gasteiger charge is -2.09. The molecule has 0 saturated carbocycles. The van der Waals surface area contributed by atoms with Gasteiger partial charge < -0.3 is 14.2 Å². The first-order valence-electron chi connectivity index (χ1n) is 6.83. The molecule has 0 spiro atoms. The number of hydrogen-bond acceptors (Lipinski definition) is 6. The molecule has 0 radical (unpaired) electrons. The van der Waals surface area contributed by atoms with Gasteiger partial charge in [0.1, 0.15) is 0 Å². The van der Waals surface area contributed by atoms with Crippen molar-refractivity contribution in [3.63, 3.8) is 0 Å². The molecule has 0 amide bonds. The summed E-state index contributed by atoms with van der Waals surface area (Å²) in [6.45, 7) is 2.00. The maximum Gasteiger partial charge on any atom is 0.343 e. The van der Waals surface area contributed by atoms with Gasteiger partial charge in [-0.25, -0.2) is 4.79 Å². The van der Waals surface area contributed by atoms with Gasteiger partial charge in [0, 0.05) is 6.07 Å². The van der Waals surface area contributed by atoms with Crippen LogP contribution in [0.25, 0.3) is 0 Å². The Labute approximate surface area is 132 Å². The van der Waals surface area contributed by atoms with Crippen molar-refractivity contribution in [2.45, 2.75) is 6.92 Å². The van der Waals surface area contributed by atoms with Crippen molar-refractivity contribution < 1.29 is 23.9 Å². The monoisotopic (exact) mass is 317 g/mol. The molecule has 2 rings (SSSR count). The fourth-order valence-corrected chi connectivity index (χ4v) is 1.93. The van der Waals surface area contributed by atoms with Gasteiger partial charge in [-0.1, -0.05) is 12.1 Å². The second-order valence-corrected chi connectivity index (χ2v) is 4.41. The molecule has 0 aliphatic heterocycles. The van der Waals surface area contributed by atoms with E-state index in [1.165, 1.54) is 19.2 Å². The molecule has 0 bridgehead atoms. The van der Waals surface area contributed by atoms with Crippen LogP contribution in [0.3, 0.4) is 0 Å². The molecule has 120 valence electrons. The predicted octanol–water partition coefficient (Wildman–Crippen LogP) is 3.22. The van der Waals surface area contributed by atoms with Crippen molar-refractivity contribution in [3.05, 3.63) is 58.1 Å². The minimum absolute atomic E-state index is 0.0473. The number of nitro benzene ring substituents is 1. The number of para-hydroxylation sites is 2. The summed E-state index contributed by atoms with van der Waals surface area (Å²) < 4.78 is 15.5. The lowest BCUT2D eigenvalue weighted by Crippen LogP contribution is -2.10. The molecule has 7 heteroatoms. The lowest BCUT2D eigenvalue weighted by molar-refractivity contribution is -0.385. The van der Waals surface area contributed by atoms with E-state index < -0.39 is 10.9 Å². The second-order valence-electron chi connectivity index (χ2n) is 4.41. The van der Waals surface area contributed by atoms with Crippen molar-refractivity contribution in [2.75, 3.05) is 13.7 Å². The van der Waals surface area contributed by atoms with Crippen molar-refractivity contribution in [3.8, 4) is 17.2 Å². The first kappa shape index (κ1) is 16.3. The van der Waals surface area contributed by atoms with Gasteiger partial charge in [-0.2, -0.15) is 0 Å². The van der Waals surface area contributed by atoms with E-state index in [9.17, 15) is 14.9 Å². The van der Waals surface area contributed by atoms with Gasteiger partial charge in [-0.3, -0.25) is 10.1 Å². The summed E-state index contributed by atoms with van der Waals surface area (Å²) in [5.41, 5.74) is -0.243. The highest BCUT2D eigenvalue weighted by molar-refractivity contribution is 5.92. The fraction of sp³-hybridized carbons (Fsp3) is 0.188. The van der Waals surface area contributed by atoms with Crippen LogP contribution in [0.1, 0.15) is 17.3 Å². The van der Waals surface area contributed by atoms with Crippen LogP contribution in [0.2, 0.25) is 0 Å². The van der Waals surface area contributed by atoms with Crippen molar-refractivity contribution >= 4 is 11.7 Å². The summed E-state index contributed by atoms with van der Waals surface area (Å²) >= 11 is 0. The van der Waals surface area contributed by atoms with Crippen LogP contribution in [0.15, 0.2) is 42.5 Å². The first-order chi connectivity index (χ1) is 11.1. The summed E-state index contributed by atoms with van der Waals surface area (Å²) in [6, 6.07) is 10.5. The number of nitrogens with zero attached hydrogens (tertiary/aromatic N) is 1. The predicted molar refractivity (Wildman–Crippen MR) is 82.2 cm³/mol. The minimum atomic E-state index is -0.722. The van der Waals surface area contributed by atoms with E-state index in [4.69, 9.17) is 14.2 Å². The third-order valence-electron chi connectivity index (χ3n) is 2.96. The molecule has 0 N–H and O–H groups in total. The highest BCUT2D eigenvalue weighted by atomic mass is 16.6. The van der Waals surface area contributed by atoms with Gasteiger partial charge >= 0.3 is 11.7 Å². The van der Waals surface area contributed by atoms with E-state index in [0.29, 0.717) is 5.75 Å². The molecule has 0 aliphatic carbocycles. The number of esters is 1. The van der Waals surface area contributed by atoms with Gasteiger partial charge in [-0.05, 0) is 31.2 Å². The second kappa shape index (κ2) is 7.26. The molecular weight excluding hydrogens is 302 g/mol. The molecule has 0 unspecified atom stereocenters. The quantitative estimate of drug-likeness (QED) is 0.352. The number of hydrogen-bond donors (Lipinski definition) is 0. The van der Waals surface area contributed by atoms with Crippen LogP contribution >= 0.6 is 0 Å². The zero-order chi connectivity index (χ0) is 16.8. The number of ether oxygens (including phenoxy) is 3. The first-order valence-corrected chi connectivity index (χ1v) is 6.83. The van der Waals surface area contributed by atoms with Gasteiger partial charge in [0.05, 0.1) is 24.2 Å². The third-order valence-corrected chi connectivity index (χ3v) is 2.96. The maximum atomic E-state index is 12.2. The molecule has 0 aliphatic rings. The van der Waals surface area contributed by atoms with Crippen LogP contribution in [-0.4, -0.2) is 24.6 Å². The average Bonchev–Trinajstić information content (AvgIpc) is 2.55. The smallest absolute Gasteiger partial charge is 0.343 e. The van der Waals surface area contributed by atoms with Gasteiger partial charge in [0.2, 0.25) is 0 Å². The zero-order valence-corrected chi connectivity index (χ0v) is 12.6. The topological polar surface area (TPSA) is 87.9 Å². The van der Waals surface area contributed by atoms with Crippen LogP contribution in [-0.2, 0) is 0 Å². The lowest BCUT2D eigenvalue weighted by atomic mass is 10.2. The number of methoxy groups -OCH3 is 1. The van der Waals surface area contributed by atoms with Crippen molar-refractivity contribution in [2.24, 2.45) is 0 Å². The van der Waals surface area contributed by atoms with E-state index in [0.717, 1.165) is 6.07 Å². The number of benzene rings is 2. The molecule has 0 fully saturated rings. The van der Waals surface area contributed by atoms with Crippen LogP contribution in [0.4, 0.5) is 5.69 Å². The van der Waals surface area contributed by atoms with Crippen LogP contribution in [0.5, 0.6) is 17.2 Å². The van der Waals surface area contributed by atoms with Crippen molar-refractivity contribution in [1.82, 2.24) is 0 Å². The summed E-state index contributed by atoms with van der Waals surface area (Å²) in [5.74, 6) is 0.00446. The molecule has 0 atom stereocenters. The highest BCUT2D eigenvalue weighted by Crippen LogP contribution is 2.30. The van der Waals surface area contributed by atoms with Gasteiger partial charge in [0.25, 0.3) is 0 Å². The Morgan fingerprint density at radius 1 is 1.13 bits per heavy atom. The van der Waals surface area contributed by atoms with Crippen molar-refractivity contribution in [1.29, 1.82) is 0 Å². The molecule has 2 aromatic carbocycles. The summed E-state index contributed by atoms with van der Waals surface area (Å²) in [7, 11) is 1.45. The maximum absolute atomic E-state index is 12.2. The fourth-order valence-electron chi connectivity index (χ4n) is 1.93. The Kier molecular flexibility index (Phi) is 5.14. The Balaban J connectivity index is 2.29. The van der Waals surface area contributed by atoms with E-state index >= 15 is 0 Å². The number of carbonyl (C=O) groups excluding carboxylic acids is 1. The number of nitro groups is 1. The van der Waals surface area contributed by atoms with Crippen LogP contribution in [0, 0.1) is 10.1 Å². The molecule has 0 saturated heterocycles. The highest BCUT2D eigenvalue weighted by Gasteiger charge is 2.20. The third kappa shape index (κ3) is 3.76. The summed E-state index contributed by atoms with van der Waals surface area (Å²) in [5, 5.41) is 11.1. The Morgan fingerprint density at radius 3 is 2.43 bits per heavy atom. The summed E-state index contributed by atoms with van der Waals surface area (Å²) in [4.78, 5) is 22.7. The Morgan fingerprint density at radius 2 is 1.83 bits per heavy atom. The number of carbonyl (C=O) groups is 1. The largest absolute Gasteiger partial charge is 0.493 e. The SMILES string of the molecule is CCOc1ccc(C(=O)Oc2ccccc2OC)cc1[N+](=O)[O-]. The van der Waals surface area contributed by atoms with E-state index in [2.05, 4.69) is 0 Å². The van der Waals surface area contributed by atoms with Gasteiger partial charge in [-0.15, -0.1) is 0 Å². The molecular formula is C16H15NO6. The van der Waals surface area contributed by atoms with Crippen LogP contribution < -0.4 is 14.2 Å². The number of rotatable bonds is 6. The normalized spacial score (nSPS) is 10.0. The van der Waals surface area contributed by atoms with Gasteiger partial charge in [0.15, 0.2) is 17.2 Å². The molecule has 2 aromatic rings. The minimum Gasteiger partial charge on any atom is -0.493 e. The molecule has 23 heavy (non-hydrogen) atoms. The summed E-state index contributed by atoms with van der Waals surface area (Å²) in [6.07, 6.45) is 0. The van der Waals surface area contributed by atoms with E-state index in [1.54, 1.807) is 31.2 Å². The Hall–Kier alpha value is -3.09. The standard InChI is InChI=1S/C16H15NO6/c1-3-22-13-9-8-11(10-12(13)17(19)20)16(18)23-15-7-5-4-6-14(15)21-2/h4-10H,3H2,1-2H3. The van der Waals surface area contributed by atoms with E-state index in [-0.39, 0.29) is 29.4 Å². The molecule has 0 aromatic heterocycles. The van der Waals surface area contributed by atoms with E-state index in [1.807, 2.05) is 0 Å². The average molecular weight is 317 g/mol. The molecule has 0 heterocycles. The zero-order valence-electron chi connectivity index (χ0n) is 12.6.